The van der Waals surface area contributed by atoms with Gasteiger partial charge < -0.3 is 0 Å². The van der Waals surface area contributed by atoms with E-state index in [0.29, 0.717) is 0 Å². The number of hydrogen-bond acceptors (Lipinski definition) is 0. The second kappa shape index (κ2) is 6.63. The molecule has 0 aliphatic heterocycles. The number of allylic oxidation sites excluding steroid dienone is 6. The average Bonchev–Trinajstić information content (AvgIpc) is 2.49. The molecule has 0 atom stereocenters. The topological polar surface area (TPSA) is 0 Å². The maximum absolute atomic E-state index is 6.07. The van der Waals surface area contributed by atoms with E-state index in [0.717, 1.165) is 10.0 Å². The summed E-state index contributed by atoms with van der Waals surface area (Å²) in [4.78, 5) is 0. The van der Waals surface area contributed by atoms with Crippen LogP contribution in [0.5, 0.6) is 0 Å². The van der Waals surface area contributed by atoms with Gasteiger partial charge in [-0.25, -0.2) is 0 Å². The van der Waals surface area contributed by atoms with Gasteiger partial charge in [-0.15, -0.1) is 0 Å². The molecular weight excluding hydrogens is 335 g/mol. The van der Waals surface area contributed by atoms with Crippen LogP contribution in [-0.4, -0.2) is 0 Å². The largest absolute Gasteiger partial charge is 0.0843 e. The lowest BCUT2D eigenvalue weighted by atomic mass is 9.68. The molecule has 0 unspecified atom stereocenters. The van der Waals surface area contributed by atoms with Crippen LogP contribution in [0.25, 0.3) is 11.1 Å². The highest BCUT2D eigenvalue weighted by Gasteiger charge is 2.32. The predicted octanol–water partition coefficient (Wildman–Crippen LogP) is 7.59. The molecule has 3 rings (SSSR count). The normalized spacial score (nSPS) is 13.9. The summed E-state index contributed by atoms with van der Waals surface area (Å²) in [6.07, 6.45) is 0. The third-order valence-corrected chi connectivity index (χ3v) is 4.77. The Balaban J connectivity index is 2.31. The highest BCUT2D eigenvalue weighted by atomic mass is 35.5. The van der Waals surface area contributed by atoms with E-state index < -0.39 is 0 Å². The second-order valence-corrected chi connectivity index (χ2v) is 7.39. The van der Waals surface area contributed by atoms with Crippen molar-refractivity contribution in [1.29, 1.82) is 0 Å². The second-order valence-electron chi connectivity index (χ2n) is 6.51. The third-order valence-electron chi connectivity index (χ3n) is 4.27. The van der Waals surface area contributed by atoms with Gasteiger partial charge in [0.25, 0.3) is 0 Å². The summed E-state index contributed by atoms with van der Waals surface area (Å²) >= 11 is 12.1. The lowest BCUT2D eigenvalue weighted by Gasteiger charge is -2.34. The Morgan fingerprint density at radius 3 is 1.08 bits per heavy atom. The molecule has 0 bridgehead atoms. The molecule has 2 aromatic carbocycles. The van der Waals surface area contributed by atoms with Gasteiger partial charge in [0.2, 0.25) is 0 Å². The Kier molecular flexibility index (Phi) is 4.71. The van der Waals surface area contributed by atoms with Crippen molar-refractivity contribution in [3.63, 3.8) is 0 Å². The van der Waals surface area contributed by atoms with Gasteiger partial charge in [0.05, 0.1) is 0 Å². The molecule has 0 amide bonds. The number of benzene rings is 2. The predicted molar refractivity (Wildman–Crippen MR) is 106 cm³/mol. The number of hydrogen-bond donors (Lipinski definition) is 0. The summed E-state index contributed by atoms with van der Waals surface area (Å²) in [6.45, 7) is 8.69. The molecule has 0 saturated heterocycles. The molecule has 1 aliphatic rings. The summed E-state index contributed by atoms with van der Waals surface area (Å²) in [6, 6.07) is 16.2. The van der Waals surface area contributed by atoms with Crippen LogP contribution in [0.3, 0.4) is 0 Å². The maximum Gasteiger partial charge on any atom is 0.0406 e. The first-order valence-corrected chi connectivity index (χ1v) is 8.78. The smallest absolute Gasteiger partial charge is 0.0406 e. The zero-order chi connectivity index (χ0) is 17.4. The number of halogens is 2. The molecule has 0 saturated carbocycles. The van der Waals surface area contributed by atoms with Crippen LogP contribution >= 0.6 is 23.2 Å². The van der Waals surface area contributed by atoms with E-state index in [-0.39, 0.29) is 0 Å². The van der Waals surface area contributed by atoms with Crippen molar-refractivity contribution in [3.05, 3.63) is 92.0 Å². The van der Waals surface area contributed by atoms with Crippen molar-refractivity contribution in [2.45, 2.75) is 27.7 Å². The summed E-state index contributed by atoms with van der Waals surface area (Å²) in [7, 11) is 0. The molecule has 0 nitrogen and oxygen atoms in total. The van der Waals surface area contributed by atoms with Crippen LogP contribution in [0.15, 0.2) is 70.8 Å². The molecular formula is C22H20Cl2. The van der Waals surface area contributed by atoms with Gasteiger partial charge in [-0.3, -0.25) is 0 Å². The van der Waals surface area contributed by atoms with E-state index >= 15 is 0 Å². The van der Waals surface area contributed by atoms with E-state index in [2.05, 4.69) is 52.0 Å². The first kappa shape index (κ1) is 17.1. The molecule has 1 aliphatic carbocycles. The van der Waals surface area contributed by atoms with Crippen LogP contribution in [-0.2, 0) is 0 Å². The molecule has 2 heteroatoms. The van der Waals surface area contributed by atoms with E-state index in [1.165, 1.54) is 44.6 Å². The Bertz CT molecular complexity index is 793. The molecule has 0 fully saturated rings. The standard InChI is InChI=1S/C22H20Cl2/c1-13(2)19-20(14(3)4)22(16-7-11-18(24)12-8-16)21(19)15-5-9-17(23)10-6-15/h5-12H,1-4H3. The average molecular weight is 355 g/mol. The van der Waals surface area contributed by atoms with Gasteiger partial charge in [-0.05, 0) is 85.4 Å². The summed E-state index contributed by atoms with van der Waals surface area (Å²) < 4.78 is 0. The van der Waals surface area contributed by atoms with Crippen molar-refractivity contribution in [2.75, 3.05) is 0 Å². The zero-order valence-electron chi connectivity index (χ0n) is 14.4. The minimum Gasteiger partial charge on any atom is -0.0843 e. The molecule has 0 spiro atoms. The van der Waals surface area contributed by atoms with E-state index in [9.17, 15) is 0 Å². The third kappa shape index (κ3) is 2.97. The van der Waals surface area contributed by atoms with Gasteiger partial charge >= 0.3 is 0 Å². The molecule has 2 aromatic rings. The molecule has 24 heavy (non-hydrogen) atoms. The maximum atomic E-state index is 6.07. The summed E-state index contributed by atoms with van der Waals surface area (Å²) in [5.74, 6) is 0. The van der Waals surface area contributed by atoms with Gasteiger partial charge in [0.1, 0.15) is 0 Å². The van der Waals surface area contributed by atoms with Gasteiger partial charge in [-0.2, -0.15) is 0 Å². The van der Waals surface area contributed by atoms with Crippen LogP contribution in [0.1, 0.15) is 38.8 Å². The lowest BCUT2D eigenvalue weighted by Crippen LogP contribution is -2.14. The quantitative estimate of drug-likeness (QED) is 0.520. The first-order chi connectivity index (χ1) is 11.4. The van der Waals surface area contributed by atoms with E-state index in [1.807, 2.05) is 24.3 Å². The highest BCUT2D eigenvalue weighted by molar-refractivity contribution is 6.31. The van der Waals surface area contributed by atoms with Crippen molar-refractivity contribution < 1.29 is 0 Å². The van der Waals surface area contributed by atoms with Crippen molar-refractivity contribution >= 4 is 34.3 Å². The fraction of sp³-hybridized carbons (Fsp3) is 0.182. The van der Waals surface area contributed by atoms with Gasteiger partial charge in [0, 0.05) is 10.0 Å². The molecule has 0 heterocycles. The van der Waals surface area contributed by atoms with Crippen molar-refractivity contribution in [1.82, 2.24) is 0 Å². The van der Waals surface area contributed by atoms with Crippen molar-refractivity contribution in [2.24, 2.45) is 0 Å². The Hall–Kier alpha value is -1.76. The zero-order valence-corrected chi connectivity index (χ0v) is 15.9. The SMILES string of the molecule is CC(C)=C1C(=C(C)C)C(c2ccc(Cl)cc2)=C1c1ccc(Cl)cc1. The van der Waals surface area contributed by atoms with Crippen LogP contribution in [0.2, 0.25) is 10.0 Å². The van der Waals surface area contributed by atoms with E-state index in [1.54, 1.807) is 0 Å². The Labute approximate surface area is 154 Å². The van der Waals surface area contributed by atoms with Crippen LogP contribution < -0.4 is 0 Å². The minimum absolute atomic E-state index is 0.757. The Morgan fingerprint density at radius 1 is 0.542 bits per heavy atom. The van der Waals surface area contributed by atoms with Crippen LogP contribution in [0, 0.1) is 0 Å². The van der Waals surface area contributed by atoms with E-state index in [4.69, 9.17) is 23.2 Å². The highest BCUT2D eigenvalue weighted by Crippen LogP contribution is 2.53. The lowest BCUT2D eigenvalue weighted by molar-refractivity contribution is 1.23. The molecule has 0 radical (unpaired) electrons. The first-order valence-electron chi connectivity index (χ1n) is 8.02. The molecule has 0 aromatic heterocycles. The van der Waals surface area contributed by atoms with Gasteiger partial charge in [-0.1, -0.05) is 58.6 Å². The molecule has 0 N–H and O–H groups in total. The minimum atomic E-state index is 0.757. The Morgan fingerprint density at radius 2 is 0.833 bits per heavy atom. The summed E-state index contributed by atoms with van der Waals surface area (Å²) in [5, 5.41) is 1.51. The van der Waals surface area contributed by atoms with Gasteiger partial charge in [0.15, 0.2) is 0 Å². The fourth-order valence-corrected chi connectivity index (χ4v) is 3.50. The van der Waals surface area contributed by atoms with Crippen LogP contribution in [0.4, 0.5) is 0 Å². The monoisotopic (exact) mass is 354 g/mol. The molecule has 122 valence electrons. The summed E-state index contributed by atoms with van der Waals surface area (Å²) in [5.41, 5.74) is 10.3. The van der Waals surface area contributed by atoms with Crippen molar-refractivity contribution in [3.8, 4) is 0 Å². The number of rotatable bonds is 2. The fourth-order valence-electron chi connectivity index (χ4n) is 3.25.